The van der Waals surface area contributed by atoms with E-state index in [1.54, 1.807) is 0 Å². The van der Waals surface area contributed by atoms with E-state index in [9.17, 15) is 0 Å². The molecule has 78 valence electrons. The monoisotopic (exact) mass is 307 g/mol. The van der Waals surface area contributed by atoms with Crippen LogP contribution in [0.1, 0.15) is 12.2 Å². The van der Waals surface area contributed by atoms with Gasteiger partial charge < -0.3 is 14.5 Å². The Morgan fingerprint density at radius 2 is 2.43 bits per heavy atom. The van der Waals surface area contributed by atoms with Gasteiger partial charge in [0, 0.05) is 0 Å². The second-order valence-corrected chi connectivity index (χ2v) is 3.84. The van der Waals surface area contributed by atoms with Crippen molar-refractivity contribution in [1.82, 2.24) is 5.32 Å². The standard InChI is InChI=1S/C10H14INO2/c1-2-13-7-3-6-12-8-9-4-5-10(11)14-9/h2,4-5,12H,1,3,6-8H2. The quantitative estimate of drug-likeness (QED) is 0.477. The van der Waals surface area contributed by atoms with Crippen LogP contribution >= 0.6 is 22.6 Å². The normalized spacial score (nSPS) is 10.1. The summed E-state index contributed by atoms with van der Waals surface area (Å²) < 4.78 is 11.3. The summed E-state index contributed by atoms with van der Waals surface area (Å²) in [7, 11) is 0. The summed E-state index contributed by atoms with van der Waals surface area (Å²) in [5.41, 5.74) is 0. The Morgan fingerprint density at radius 3 is 3.07 bits per heavy atom. The molecule has 0 aromatic carbocycles. The first kappa shape index (κ1) is 11.6. The molecule has 0 amide bonds. The molecule has 0 aliphatic carbocycles. The van der Waals surface area contributed by atoms with E-state index in [4.69, 9.17) is 9.15 Å². The fraction of sp³-hybridized carbons (Fsp3) is 0.400. The molecule has 0 bridgehead atoms. The molecule has 0 radical (unpaired) electrons. The Hall–Kier alpha value is -0.490. The maximum absolute atomic E-state index is 5.39. The van der Waals surface area contributed by atoms with E-state index >= 15 is 0 Å². The van der Waals surface area contributed by atoms with Crippen LogP contribution in [0.2, 0.25) is 0 Å². The average Bonchev–Trinajstić information content (AvgIpc) is 2.58. The molecule has 1 aromatic rings. The number of nitrogens with one attached hydrogen (secondary N) is 1. The van der Waals surface area contributed by atoms with Crippen LogP contribution in [-0.2, 0) is 11.3 Å². The van der Waals surface area contributed by atoms with Gasteiger partial charge in [-0.15, -0.1) is 0 Å². The van der Waals surface area contributed by atoms with E-state index in [2.05, 4.69) is 34.5 Å². The van der Waals surface area contributed by atoms with Crippen molar-refractivity contribution in [3.05, 3.63) is 34.5 Å². The van der Waals surface area contributed by atoms with Crippen LogP contribution in [0.3, 0.4) is 0 Å². The third kappa shape index (κ3) is 4.66. The molecule has 0 unspecified atom stereocenters. The van der Waals surface area contributed by atoms with E-state index < -0.39 is 0 Å². The van der Waals surface area contributed by atoms with Crippen LogP contribution in [0.15, 0.2) is 29.4 Å². The number of hydrogen-bond donors (Lipinski definition) is 1. The highest BCUT2D eigenvalue weighted by molar-refractivity contribution is 14.1. The van der Waals surface area contributed by atoms with Crippen LogP contribution in [0.25, 0.3) is 0 Å². The van der Waals surface area contributed by atoms with E-state index in [0.29, 0.717) is 6.61 Å². The Kier molecular flexibility index (Phi) is 5.70. The number of halogens is 1. The maximum atomic E-state index is 5.39. The molecule has 0 saturated carbocycles. The second-order valence-electron chi connectivity index (χ2n) is 2.77. The van der Waals surface area contributed by atoms with Gasteiger partial charge in [-0.1, -0.05) is 6.58 Å². The molecule has 0 saturated heterocycles. The van der Waals surface area contributed by atoms with Gasteiger partial charge in [0.05, 0.1) is 19.4 Å². The molecular formula is C10H14INO2. The molecule has 4 heteroatoms. The van der Waals surface area contributed by atoms with Crippen molar-refractivity contribution in [2.75, 3.05) is 13.2 Å². The highest BCUT2D eigenvalue weighted by atomic mass is 127. The molecule has 0 aliphatic heterocycles. The van der Waals surface area contributed by atoms with Crippen molar-refractivity contribution in [3.63, 3.8) is 0 Å². The van der Waals surface area contributed by atoms with Crippen molar-refractivity contribution in [2.45, 2.75) is 13.0 Å². The molecule has 1 N–H and O–H groups in total. The van der Waals surface area contributed by atoms with Gasteiger partial charge in [0.15, 0.2) is 3.77 Å². The first-order chi connectivity index (χ1) is 6.83. The molecule has 0 aliphatic rings. The van der Waals surface area contributed by atoms with E-state index in [1.807, 2.05) is 12.1 Å². The first-order valence-electron chi connectivity index (χ1n) is 4.50. The number of hydrogen-bond acceptors (Lipinski definition) is 3. The summed E-state index contributed by atoms with van der Waals surface area (Å²) in [5.74, 6) is 0.971. The summed E-state index contributed by atoms with van der Waals surface area (Å²) >= 11 is 2.15. The Morgan fingerprint density at radius 1 is 1.57 bits per heavy atom. The number of ether oxygens (including phenoxy) is 1. The lowest BCUT2D eigenvalue weighted by atomic mass is 10.4. The first-order valence-corrected chi connectivity index (χ1v) is 5.58. The molecule has 0 spiro atoms. The lowest BCUT2D eigenvalue weighted by Crippen LogP contribution is -2.15. The van der Waals surface area contributed by atoms with Gasteiger partial charge in [-0.3, -0.25) is 0 Å². The summed E-state index contributed by atoms with van der Waals surface area (Å²) in [4.78, 5) is 0. The Balaban J connectivity index is 2.01. The predicted molar refractivity (Wildman–Crippen MR) is 63.9 cm³/mol. The highest BCUT2D eigenvalue weighted by Crippen LogP contribution is 2.09. The minimum Gasteiger partial charge on any atom is -0.502 e. The number of furan rings is 1. The van der Waals surface area contributed by atoms with Crippen LogP contribution in [-0.4, -0.2) is 13.2 Å². The van der Waals surface area contributed by atoms with Crippen LogP contribution in [0.4, 0.5) is 0 Å². The minimum atomic E-state index is 0.714. The maximum Gasteiger partial charge on any atom is 0.164 e. The Labute approximate surface area is 97.7 Å². The summed E-state index contributed by atoms with van der Waals surface area (Å²) in [6, 6.07) is 3.94. The highest BCUT2D eigenvalue weighted by Gasteiger charge is 1.97. The summed E-state index contributed by atoms with van der Waals surface area (Å²) in [6.45, 7) is 5.88. The second kappa shape index (κ2) is 6.89. The van der Waals surface area contributed by atoms with Gasteiger partial charge in [0.25, 0.3) is 0 Å². The predicted octanol–water partition coefficient (Wildman–Crippen LogP) is 2.52. The van der Waals surface area contributed by atoms with Crippen molar-refractivity contribution < 1.29 is 9.15 Å². The largest absolute Gasteiger partial charge is 0.502 e. The lowest BCUT2D eigenvalue weighted by Gasteiger charge is -2.02. The van der Waals surface area contributed by atoms with Gasteiger partial charge in [-0.2, -0.15) is 0 Å². The molecule has 1 aromatic heterocycles. The molecule has 0 fully saturated rings. The topological polar surface area (TPSA) is 34.4 Å². The Bertz CT molecular complexity index is 273. The van der Waals surface area contributed by atoms with Gasteiger partial charge in [0.1, 0.15) is 5.76 Å². The molecule has 3 nitrogen and oxygen atoms in total. The van der Waals surface area contributed by atoms with Gasteiger partial charge in [0.2, 0.25) is 0 Å². The van der Waals surface area contributed by atoms with E-state index in [-0.39, 0.29) is 0 Å². The molecule has 1 rings (SSSR count). The van der Waals surface area contributed by atoms with Crippen molar-refractivity contribution in [3.8, 4) is 0 Å². The van der Waals surface area contributed by atoms with E-state index in [1.165, 1.54) is 6.26 Å². The minimum absolute atomic E-state index is 0.714. The molecular weight excluding hydrogens is 293 g/mol. The zero-order valence-corrected chi connectivity index (χ0v) is 10.1. The fourth-order valence-corrected chi connectivity index (χ4v) is 1.48. The zero-order chi connectivity index (χ0) is 10.2. The van der Waals surface area contributed by atoms with Gasteiger partial charge in [-0.25, -0.2) is 0 Å². The smallest absolute Gasteiger partial charge is 0.164 e. The van der Waals surface area contributed by atoms with E-state index in [0.717, 1.165) is 29.0 Å². The third-order valence-electron chi connectivity index (χ3n) is 1.66. The van der Waals surface area contributed by atoms with Crippen LogP contribution < -0.4 is 5.32 Å². The average molecular weight is 307 g/mol. The lowest BCUT2D eigenvalue weighted by molar-refractivity contribution is 0.244. The molecule has 14 heavy (non-hydrogen) atoms. The van der Waals surface area contributed by atoms with Crippen LogP contribution in [0.5, 0.6) is 0 Å². The third-order valence-corrected chi connectivity index (χ3v) is 2.24. The SMILES string of the molecule is C=COCCCNCc1ccc(I)o1. The molecule has 1 heterocycles. The van der Waals surface area contributed by atoms with Crippen molar-refractivity contribution >= 4 is 22.6 Å². The molecule has 0 atom stereocenters. The van der Waals surface area contributed by atoms with Gasteiger partial charge in [-0.05, 0) is 47.7 Å². The zero-order valence-electron chi connectivity index (χ0n) is 7.96. The summed E-state index contributed by atoms with van der Waals surface area (Å²) in [5, 5.41) is 3.26. The fourth-order valence-electron chi connectivity index (χ4n) is 1.02. The van der Waals surface area contributed by atoms with Gasteiger partial charge >= 0.3 is 0 Å². The number of rotatable bonds is 7. The van der Waals surface area contributed by atoms with Crippen molar-refractivity contribution in [1.29, 1.82) is 0 Å². The van der Waals surface area contributed by atoms with Crippen molar-refractivity contribution in [2.24, 2.45) is 0 Å². The summed E-state index contributed by atoms with van der Waals surface area (Å²) in [6.07, 6.45) is 2.44. The van der Waals surface area contributed by atoms with Crippen LogP contribution in [0, 0.1) is 3.77 Å².